The molecule has 0 radical (unpaired) electrons. The first-order valence-corrected chi connectivity index (χ1v) is 6.15. The van der Waals surface area contributed by atoms with Gasteiger partial charge in [-0.1, -0.05) is 36.4 Å². The van der Waals surface area contributed by atoms with Gasteiger partial charge in [-0.15, -0.1) is 0 Å². The van der Waals surface area contributed by atoms with Gasteiger partial charge in [0.05, 0.1) is 17.7 Å². The van der Waals surface area contributed by atoms with Gasteiger partial charge in [0.1, 0.15) is 12.4 Å². The summed E-state index contributed by atoms with van der Waals surface area (Å²) in [5, 5.41) is 8.88. The third-order valence-corrected chi connectivity index (χ3v) is 2.96. The van der Waals surface area contributed by atoms with Gasteiger partial charge in [0.2, 0.25) is 0 Å². The van der Waals surface area contributed by atoms with Crippen molar-refractivity contribution in [2.45, 2.75) is 13.0 Å². The Morgan fingerprint density at radius 2 is 1.95 bits per heavy atom. The van der Waals surface area contributed by atoms with Crippen molar-refractivity contribution in [3.63, 3.8) is 0 Å². The van der Waals surface area contributed by atoms with E-state index in [1.807, 2.05) is 43.3 Å². The number of hydrogen-bond acceptors (Lipinski definition) is 3. The van der Waals surface area contributed by atoms with Gasteiger partial charge in [-0.2, -0.15) is 5.26 Å². The average molecular weight is 252 g/mol. The molecule has 0 aliphatic rings. The summed E-state index contributed by atoms with van der Waals surface area (Å²) in [6.45, 7) is 2.34. The lowest BCUT2D eigenvalue weighted by atomic mass is 10.1. The second-order valence-corrected chi connectivity index (χ2v) is 4.42. The molecule has 0 aliphatic heterocycles. The minimum Gasteiger partial charge on any atom is -0.491 e. The van der Waals surface area contributed by atoms with Crippen molar-refractivity contribution < 1.29 is 4.74 Å². The smallest absolute Gasteiger partial charge is 0.123 e. The molecule has 0 aliphatic carbocycles. The van der Waals surface area contributed by atoms with Gasteiger partial charge in [-0.05, 0) is 30.2 Å². The standard InChI is InChI=1S/C16H16N2O/c1-12-7-8-13(10-17)9-16(12)19-11-15(18)14-5-3-2-4-6-14/h2-9,15H,11,18H2,1H3. The van der Waals surface area contributed by atoms with Crippen LogP contribution in [-0.4, -0.2) is 6.61 Å². The highest BCUT2D eigenvalue weighted by Crippen LogP contribution is 2.20. The fourth-order valence-corrected chi connectivity index (χ4v) is 1.80. The molecule has 2 aromatic carbocycles. The van der Waals surface area contributed by atoms with Crippen molar-refractivity contribution in [2.24, 2.45) is 5.73 Å². The molecular formula is C16H16N2O. The zero-order valence-electron chi connectivity index (χ0n) is 10.8. The highest BCUT2D eigenvalue weighted by Gasteiger charge is 2.08. The van der Waals surface area contributed by atoms with Gasteiger partial charge in [0, 0.05) is 0 Å². The molecule has 0 heterocycles. The minimum atomic E-state index is -0.175. The van der Waals surface area contributed by atoms with Crippen LogP contribution < -0.4 is 10.5 Å². The predicted molar refractivity (Wildman–Crippen MR) is 74.8 cm³/mol. The summed E-state index contributed by atoms with van der Waals surface area (Å²) in [5.74, 6) is 0.713. The van der Waals surface area contributed by atoms with Crippen molar-refractivity contribution in [3.8, 4) is 11.8 Å². The molecule has 2 aromatic rings. The molecule has 1 unspecified atom stereocenters. The maximum Gasteiger partial charge on any atom is 0.123 e. The van der Waals surface area contributed by atoms with E-state index < -0.39 is 0 Å². The topological polar surface area (TPSA) is 59.0 Å². The molecule has 2 N–H and O–H groups in total. The first kappa shape index (κ1) is 13.1. The molecule has 3 heteroatoms. The molecule has 96 valence electrons. The quantitative estimate of drug-likeness (QED) is 0.910. The van der Waals surface area contributed by atoms with E-state index in [4.69, 9.17) is 15.7 Å². The van der Waals surface area contributed by atoms with E-state index >= 15 is 0 Å². The zero-order chi connectivity index (χ0) is 13.7. The number of hydrogen-bond donors (Lipinski definition) is 1. The molecule has 0 saturated carbocycles. The fraction of sp³-hybridized carbons (Fsp3) is 0.188. The molecule has 0 spiro atoms. The summed E-state index contributed by atoms with van der Waals surface area (Å²) in [6.07, 6.45) is 0. The molecule has 0 fully saturated rings. The first-order chi connectivity index (χ1) is 9.20. The van der Waals surface area contributed by atoms with Crippen LogP contribution in [0.1, 0.15) is 22.7 Å². The number of nitrogens with zero attached hydrogens (tertiary/aromatic N) is 1. The van der Waals surface area contributed by atoms with E-state index in [2.05, 4.69) is 6.07 Å². The van der Waals surface area contributed by atoms with Crippen LogP contribution in [0.2, 0.25) is 0 Å². The first-order valence-electron chi connectivity index (χ1n) is 6.15. The number of aryl methyl sites for hydroxylation is 1. The zero-order valence-corrected chi connectivity index (χ0v) is 10.8. The molecule has 0 amide bonds. The van der Waals surface area contributed by atoms with Crippen molar-refractivity contribution in [2.75, 3.05) is 6.61 Å². The van der Waals surface area contributed by atoms with Crippen molar-refractivity contribution in [1.82, 2.24) is 0 Å². The second-order valence-electron chi connectivity index (χ2n) is 4.42. The lowest BCUT2D eigenvalue weighted by Crippen LogP contribution is -2.19. The van der Waals surface area contributed by atoms with E-state index in [9.17, 15) is 0 Å². The lowest BCUT2D eigenvalue weighted by molar-refractivity contribution is 0.289. The van der Waals surface area contributed by atoms with Gasteiger partial charge in [-0.25, -0.2) is 0 Å². The van der Waals surface area contributed by atoms with Crippen LogP contribution in [0.25, 0.3) is 0 Å². The van der Waals surface area contributed by atoms with Crippen LogP contribution >= 0.6 is 0 Å². The summed E-state index contributed by atoms with van der Waals surface area (Å²) >= 11 is 0. The lowest BCUT2D eigenvalue weighted by Gasteiger charge is -2.15. The maximum atomic E-state index is 8.88. The molecule has 3 nitrogen and oxygen atoms in total. The van der Waals surface area contributed by atoms with Crippen molar-refractivity contribution in [3.05, 3.63) is 65.2 Å². The van der Waals surface area contributed by atoms with E-state index in [0.717, 1.165) is 11.1 Å². The van der Waals surface area contributed by atoms with Crippen molar-refractivity contribution in [1.29, 1.82) is 5.26 Å². The average Bonchev–Trinajstić information content (AvgIpc) is 2.47. The van der Waals surface area contributed by atoms with E-state index in [1.54, 1.807) is 12.1 Å². The van der Waals surface area contributed by atoms with E-state index in [1.165, 1.54) is 0 Å². The van der Waals surface area contributed by atoms with Crippen LogP contribution in [0.3, 0.4) is 0 Å². The van der Waals surface area contributed by atoms with Crippen LogP contribution in [0, 0.1) is 18.3 Å². The van der Waals surface area contributed by atoms with Crippen LogP contribution in [0.4, 0.5) is 0 Å². The summed E-state index contributed by atoms with van der Waals surface area (Å²) in [7, 11) is 0. The molecule has 0 aromatic heterocycles. The van der Waals surface area contributed by atoms with Gasteiger partial charge < -0.3 is 10.5 Å². The molecule has 0 saturated heterocycles. The Morgan fingerprint density at radius 1 is 1.21 bits per heavy atom. The Bertz CT molecular complexity index is 587. The highest BCUT2D eigenvalue weighted by atomic mass is 16.5. The Morgan fingerprint density at radius 3 is 2.63 bits per heavy atom. The normalized spacial score (nSPS) is 11.6. The molecule has 19 heavy (non-hydrogen) atoms. The largest absolute Gasteiger partial charge is 0.491 e. The Kier molecular flexibility index (Phi) is 4.17. The maximum absolute atomic E-state index is 8.88. The SMILES string of the molecule is Cc1ccc(C#N)cc1OCC(N)c1ccccc1. The molecule has 1 atom stereocenters. The Hall–Kier alpha value is -2.31. The number of benzene rings is 2. The van der Waals surface area contributed by atoms with Gasteiger partial charge >= 0.3 is 0 Å². The number of nitrogens with two attached hydrogens (primary N) is 1. The fourth-order valence-electron chi connectivity index (χ4n) is 1.80. The van der Waals surface area contributed by atoms with E-state index in [0.29, 0.717) is 17.9 Å². The monoisotopic (exact) mass is 252 g/mol. The Balaban J connectivity index is 2.05. The molecular weight excluding hydrogens is 236 g/mol. The van der Waals surface area contributed by atoms with E-state index in [-0.39, 0.29) is 6.04 Å². The molecule has 2 rings (SSSR count). The van der Waals surface area contributed by atoms with Gasteiger partial charge in [0.15, 0.2) is 0 Å². The highest BCUT2D eigenvalue weighted by molar-refractivity contribution is 5.41. The van der Waals surface area contributed by atoms with Crippen LogP contribution in [-0.2, 0) is 0 Å². The number of ether oxygens (including phenoxy) is 1. The third kappa shape index (κ3) is 3.34. The summed E-state index contributed by atoms with van der Waals surface area (Å²) < 4.78 is 5.72. The second kappa shape index (κ2) is 6.03. The summed E-state index contributed by atoms with van der Waals surface area (Å²) in [4.78, 5) is 0. The Labute approximate surface area is 113 Å². The van der Waals surface area contributed by atoms with Gasteiger partial charge in [0.25, 0.3) is 0 Å². The summed E-state index contributed by atoms with van der Waals surface area (Å²) in [6, 6.07) is 17.1. The van der Waals surface area contributed by atoms with Crippen LogP contribution in [0.15, 0.2) is 48.5 Å². The molecule has 0 bridgehead atoms. The number of rotatable bonds is 4. The van der Waals surface area contributed by atoms with Gasteiger partial charge in [-0.3, -0.25) is 0 Å². The predicted octanol–water partition coefficient (Wildman–Crippen LogP) is 2.95. The summed E-state index contributed by atoms with van der Waals surface area (Å²) in [5.41, 5.74) is 8.70. The van der Waals surface area contributed by atoms with Crippen LogP contribution in [0.5, 0.6) is 5.75 Å². The number of nitriles is 1. The third-order valence-electron chi connectivity index (χ3n) is 2.96. The van der Waals surface area contributed by atoms with Crippen molar-refractivity contribution >= 4 is 0 Å². The minimum absolute atomic E-state index is 0.175.